The summed E-state index contributed by atoms with van der Waals surface area (Å²) < 4.78 is 0. The number of carbonyl (C=O) groups excluding carboxylic acids is 1. The lowest BCUT2D eigenvalue weighted by Gasteiger charge is -2.38. The molecule has 1 fully saturated rings. The Morgan fingerprint density at radius 1 is 1.00 bits per heavy atom. The maximum absolute atomic E-state index is 12.7. The molecule has 1 aliphatic heterocycles. The van der Waals surface area contributed by atoms with Gasteiger partial charge in [-0.05, 0) is 43.7 Å². The molecule has 1 N–H and O–H groups in total. The number of hydrogen-bond acceptors (Lipinski definition) is 3. The first-order chi connectivity index (χ1) is 12.5. The summed E-state index contributed by atoms with van der Waals surface area (Å²) in [7, 11) is 0. The molecule has 4 nitrogen and oxygen atoms in total. The molecule has 2 aromatic carbocycles. The number of para-hydroxylation sites is 1. The van der Waals surface area contributed by atoms with Gasteiger partial charge in [0.05, 0.1) is 16.8 Å². The van der Waals surface area contributed by atoms with E-state index in [0.29, 0.717) is 5.02 Å². The molecule has 1 amide bonds. The zero-order valence-electron chi connectivity index (χ0n) is 15.0. The number of rotatable bonds is 4. The van der Waals surface area contributed by atoms with E-state index >= 15 is 0 Å². The molecular formula is C20H23Cl2N3O. The smallest absolute Gasteiger partial charge is 0.241 e. The number of piperazine rings is 1. The van der Waals surface area contributed by atoms with Crippen molar-refractivity contribution in [3.8, 4) is 0 Å². The fraction of sp³-hybridized carbons (Fsp3) is 0.350. The van der Waals surface area contributed by atoms with E-state index in [0.717, 1.165) is 48.1 Å². The van der Waals surface area contributed by atoms with Gasteiger partial charge in [0, 0.05) is 36.9 Å². The van der Waals surface area contributed by atoms with Gasteiger partial charge in [-0.25, -0.2) is 0 Å². The highest BCUT2D eigenvalue weighted by molar-refractivity contribution is 6.33. The highest BCUT2D eigenvalue weighted by Gasteiger charge is 2.26. The topological polar surface area (TPSA) is 35.6 Å². The van der Waals surface area contributed by atoms with Crippen molar-refractivity contribution in [2.75, 3.05) is 36.4 Å². The number of hydrogen-bond donors (Lipinski definition) is 1. The van der Waals surface area contributed by atoms with E-state index < -0.39 is 0 Å². The molecule has 138 valence electrons. The Morgan fingerprint density at radius 2 is 1.65 bits per heavy atom. The van der Waals surface area contributed by atoms with Crippen LogP contribution in [0.4, 0.5) is 11.4 Å². The van der Waals surface area contributed by atoms with Crippen molar-refractivity contribution < 1.29 is 4.79 Å². The van der Waals surface area contributed by atoms with Gasteiger partial charge >= 0.3 is 0 Å². The molecule has 0 spiro atoms. The van der Waals surface area contributed by atoms with Crippen molar-refractivity contribution >= 4 is 40.5 Å². The van der Waals surface area contributed by atoms with Crippen LogP contribution in [0.5, 0.6) is 0 Å². The minimum Gasteiger partial charge on any atom is -0.368 e. The van der Waals surface area contributed by atoms with Gasteiger partial charge in [-0.15, -0.1) is 0 Å². The Labute approximate surface area is 164 Å². The average molecular weight is 392 g/mol. The third-order valence-electron chi connectivity index (χ3n) is 4.96. The summed E-state index contributed by atoms with van der Waals surface area (Å²) in [6.45, 7) is 7.17. The number of nitrogens with one attached hydrogen (secondary N) is 1. The van der Waals surface area contributed by atoms with Gasteiger partial charge in [0.25, 0.3) is 0 Å². The van der Waals surface area contributed by atoms with Crippen LogP contribution >= 0.6 is 23.2 Å². The van der Waals surface area contributed by atoms with Gasteiger partial charge in [-0.2, -0.15) is 0 Å². The fourth-order valence-electron chi connectivity index (χ4n) is 3.20. The van der Waals surface area contributed by atoms with Gasteiger partial charge in [0.2, 0.25) is 5.91 Å². The van der Waals surface area contributed by atoms with Crippen molar-refractivity contribution in [2.45, 2.75) is 19.9 Å². The molecule has 26 heavy (non-hydrogen) atoms. The summed E-state index contributed by atoms with van der Waals surface area (Å²) >= 11 is 12.4. The number of halogens is 2. The summed E-state index contributed by atoms with van der Waals surface area (Å²) in [5, 5.41) is 4.42. The molecular weight excluding hydrogens is 369 g/mol. The Kier molecular flexibility index (Phi) is 6.07. The summed E-state index contributed by atoms with van der Waals surface area (Å²) in [5.74, 6) is -0.0124. The summed E-state index contributed by atoms with van der Waals surface area (Å²) in [6, 6.07) is 13.2. The Balaban J connectivity index is 1.59. The van der Waals surface area contributed by atoms with Crippen LogP contribution in [-0.2, 0) is 4.79 Å². The van der Waals surface area contributed by atoms with E-state index in [1.807, 2.05) is 56.3 Å². The largest absolute Gasteiger partial charge is 0.368 e. The molecule has 0 unspecified atom stereocenters. The normalized spacial score (nSPS) is 16.4. The Morgan fingerprint density at radius 3 is 2.35 bits per heavy atom. The molecule has 0 aromatic heterocycles. The van der Waals surface area contributed by atoms with Crippen molar-refractivity contribution in [1.29, 1.82) is 0 Å². The van der Waals surface area contributed by atoms with E-state index in [9.17, 15) is 4.79 Å². The molecule has 1 saturated heterocycles. The molecule has 1 atom stereocenters. The molecule has 0 aliphatic carbocycles. The number of anilines is 2. The van der Waals surface area contributed by atoms with Crippen LogP contribution in [-0.4, -0.2) is 43.0 Å². The number of benzene rings is 2. The summed E-state index contributed by atoms with van der Waals surface area (Å²) in [6.07, 6.45) is 0. The Hall–Kier alpha value is -1.75. The van der Waals surface area contributed by atoms with Crippen molar-refractivity contribution in [3.63, 3.8) is 0 Å². The van der Waals surface area contributed by atoms with Crippen LogP contribution in [0.1, 0.15) is 12.5 Å². The number of carbonyl (C=O) groups is 1. The maximum atomic E-state index is 12.7. The second-order valence-electron chi connectivity index (χ2n) is 6.55. The lowest BCUT2D eigenvalue weighted by atomic mass is 10.1. The van der Waals surface area contributed by atoms with Gasteiger partial charge < -0.3 is 10.2 Å². The molecule has 1 heterocycles. The number of nitrogens with zero attached hydrogens (tertiary/aromatic N) is 2. The van der Waals surface area contributed by atoms with Crippen molar-refractivity contribution in [2.24, 2.45) is 0 Å². The monoisotopic (exact) mass is 391 g/mol. The zero-order valence-corrected chi connectivity index (χ0v) is 16.5. The first-order valence-corrected chi connectivity index (χ1v) is 9.52. The van der Waals surface area contributed by atoms with E-state index in [4.69, 9.17) is 23.2 Å². The first-order valence-electron chi connectivity index (χ1n) is 8.77. The predicted molar refractivity (Wildman–Crippen MR) is 110 cm³/mol. The fourth-order valence-corrected chi connectivity index (χ4v) is 3.63. The zero-order chi connectivity index (χ0) is 18.7. The van der Waals surface area contributed by atoms with Gasteiger partial charge in [0.15, 0.2) is 0 Å². The molecule has 0 saturated carbocycles. The van der Waals surface area contributed by atoms with Crippen LogP contribution in [0, 0.1) is 6.92 Å². The van der Waals surface area contributed by atoms with Crippen LogP contribution in [0.15, 0.2) is 42.5 Å². The second kappa shape index (κ2) is 8.30. The van der Waals surface area contributed by atoms with Gasteiger partial charge in [0.1, 0.15) is 0 Å². The molecule has 2 aromatic rings. The van der Waals surface area contributed by atoms with Crippen LogP contribution in [0.25, 0.3) is 0 Å². The predicted octanol–water partition coefficient (Wildman–Crippen LogP) is 4.45. The van der Waals surface area contributed by atoms with E-state index in [1.165, 1.54) is 0 Å². The lowest BCUT2D eigenvalue weighted by Crippen LogP contribution is -2.52. The van der Waals surface area contributed by atoms with Gasteiger partial charge in [-0.3, -0.25) is 9.69 Å². The second-order valence-corrected chi connectivity index (χ2v) is 7.37. The minimum atomic E-state index is -0.207. The van der Waals surface area contributed by atoms with Gasteiger partial charge in [-0.1, -0.05) is 41.4 Å². The Bertz CT molecular complexity index is 788. The highest BCUT2D eigenvalue weighted by Crippen LogP contribution is 2.27. The van der Waals surface area contributed by atoms with E-state index in [2.05, 4.69) is 15.1 Å². The standard InChI is InChI=1S/C20H23Cl2N3O/c1-14-16(21)7-5-8-18(14)23-20(26)15(2)24-10-12-25(13-11-24)19-9-4-3-6-17(19)22/h3-9,15H,10-13H2,1-2H3,(H,23,26)/t15-/m0/s1. The molecule has 6 heteroatoms. The highest BCUT2D eigenvalue weighted by atomic mass is 35.5. The maximum Gasteiger partial charge on any atom is 0.241 e. The quantitative estimate of drug-likeness (QED) is 0.835. The summed E-state index contributed by atoms with van der Waals surface area (Å²) in [4.78, 5) is 17.1. The third-order valence-corrected chi connectivity index (χ3v) is 5.69. The lowest BCUT2D eigenvalue weighted by molar-refractivity contribution is -0.120. The summed E-state index contributed by atoms with van der Waals surface area (Å²) in [5.41, 5.74) is 2.71. The third kappa shape index (κ3) is 4.14. The van der Waals surface area contributed by atoms with Crippen LogP contribution < -0.4 is 10.2 Å². The van der Waals surface area contributed by atoms with E-state index in [1.54, 1.807) is 0 Å². The first kappa shape index (κ1) is 19.0. The average Bonchev–Trinajstić information content (AvgIpc) is 2.65. The molecule has 1 aliphatic rings. The van der Waals surface area contributed by atoms with E-state index in [-0.39, 0.29) is 11.9 Å². The van der Waals surface area contributed by atoms with Crippen LogP contribution in [0.2, 0.25) is 10.0 Å². The molecule has 0 radical (unpaired) electrons. The molecule has 3 rings (SSSR count). The van der Waals surface area contributed by atoms with Crippen LogP contribution in [0.3, 0.4) is 0 Å². The number of amides is 1. The SMILES string of the molecule is Cc1c(Cl)cccc1NC(=O)[C@H](C)N1CCN(c2ccccc2Cl)CC1. The molecule has 0 bridgehead atoms. The van der Waals surface area contributed by atoms with Crippen molar-refractivity contribution in [3.05, 3.63) is 58.1 Å². The minimum absolute atomic E-state index is 0.0124. The van der Waals surface area contributed by atoms with Crippen molar-refractivity contribution in [1.82, 2.24) is 4.90 Å².